The molecule has 1 atom stereocenters. The Kier molecular flexibility index (Phi) is 5.25. The maximum absolute atomic E-state index is 12.0. The number of rotatable bonds is 6. The van der Waals surface area contributed by atoms with Crippen LogP contribution in [0.5, 0.6) is 0 Å². The van der Waals surface area contributed by atoms with E-state index in [-0.39, 0.29) is 5.91 Å². The fourth-order valence-electron chi connectivity index (χ4n) is 2.69. The van der Waals surface area contributed by atoms with Crippen molar-refractivity contribution in [2.45, 2.75) is 26.2 Å². The van der Waals surface area contributed by atoms with Gasteiger partial charge in [0.15, 0.2) is 5.13 Å². The third-order valence-corrected chi connectivity index (χ3v) is 4.86. The van der Waals surface area contributed by atoms with E-state index < -0.39 is 0 Å². The molecular formula is C17H22N4OS. The Morgan fingerprint density at radius 3 is 2.78 bits per heavy atom. The van der Waals surface area contributed by atoms with Gasteiger partial charge in [-0.2, -0.15) is 0 Å². The Morgan fingerprint density at radius 2 is 2.13 bits per heavy atom. The van der Waals surface area contributed by atoms with Gasteiger partial charge in [0.1, 0.15) is 0 Å². The predicted molar refractivity (Wildman–Crippen MR) is 95.4 cm³/mol. The van der Waals surface area contributed by atoms with E-state index in [0.29, 0.717) is 12.3 Å². The molecule has 1 aliphatic heterocycles. The van der Waals surface area contributed by atoms with Crippen molar-refractivity contribution in [2.24, 2.45) is 5.92 Å². The number of carbonyl (C=O) groups excluding carboxylic acids is 1. The van der Waals surface area contributed by atoms with E-state index in [2.05, 4.69) is 20.9 Å². The molecule has 3 rings (SSSR count). The van der Waals surface area contributed by atoms with Crippen molar-refractivity contribution < 1.29 is 4.79 Å². The molecule has 2 aromatic rings. The lowest BCUT2D eigenvalue weighted by atomic mass is 10.0. The summed E-state index contributed by atoms with van der Waals surface area (Å²) in [6, 6.07) is 7.73. The smallest absolute Gasteiger partial charge is 0.224 e. The van der Waals surface area contributed by atoms with E-state index in [1.165, 1.54) is 6.42 Å². The lowest BCUT2D eigenvalue weighted by Gasteiger charge is -2.09. The second kappa shape index (κ2) is 7.57. The van der Waals surface area contributed by atoms with Gasteiger partial charge in [-0.3, -0.25) is 4.79 Å². The van der Waals surface area contributed by atoms with Crippen LogP contribution in [-0.2, 0) is 4.79 Å². The molecule has 3 N–H and O–H groups in total. The van der Waals surface area contributed by atoms with Gasteiger partial charge in [-0.15, -0.1) is 11.3 Å². The summed E-state index contributed by atoms with van der Waals surface area (Å²) in [5.41, 5.74) is 2.81. The second-order valence-electron chi connectivity index (χ2n) is 5.94. The Morgan fingerprint density at radius 1 is 1.35 bits per heavy atom. The molecule has 122 valence electrons. The first kappa shape index (κ1) is 16.0. The summed E-state index contributed by atoms with van der Waals surface area (Å²) in [4.78, 5) is 16.4. The van der Waals surface area contributed by atoms with Gasteiger partial charge in [-0.05, 0) is 63.0 Å². The normalized spacial score (nSPS) is 17.2. The molecule has 1 amide bonds. The van der Waals surface area contributed by atoms with E-state index in [1.807, 2.05) is 36.6 Å². The Balaban J connectivity index is 1.47. The maximum Gasteiger partial charge on any atom is 0.224 e. The first-order valence-corrected chi connectivity index (χ1v) is 8.87. The van der Waals surface area contributed by atoms with Crippen LogP contribution < -0.4 is 16.0 Å². The molecule has 23 heavy (non-hydrogen) atoms. The number of thiazole rings is 1. The van der Waals surface area contributed by atoms with Gasteiger partial charge < -0.3 is 16.0 Å². The molecule has 1 aromatic carbocycles. The zero-order chi connectivity index (χ0) is 16.1. The zero-order valence-electron chi connectivity index (χ0n) is 13.3. The van der Waals surface area contributed by atoms with Gasteiger partial charge in [-0.25, -0.2) is 4.98 Å². The second-order valence-corrected chi connectivity index (χ2v) is 6.80. The van der Waals surface area contributed by atoms with E-state index in [9.17, 15) is 4.79 Å². The van der Waals surface area contributed by atoms with Crippen LogP contribution in [0, 0.1) is 12.8 Å². The number of aromatic nitrogens is 1. The van der Waals surface area contributed by atoms with Crippen molar-refractivity contribution in [3.63, 3.8) is 0 Å². The van der Waals surface area contributed by atoms with Crippen molar-refractivity contribution in [1.82, 2.24) is 10.3 Å². The summed E-state index contributed by atoms with van der Waals surface area (Å²) in [5, 5.41) is 12.4. The van der Waals surface area contributed by atoms with E-state index >= 15 is 0 Å². The minimum absolute atomic E-state index is 0.0909. The van der Waals surface area contributed by atoms with Crippen LogP contribution in [0.1, 0.15) is 25.0 Å². The molecule has 1 fully saturated rings. The van der Waals surface area contributed by atoms with Crippen molar-refractivity contribution in [2.75, 3.05) is 23.7 Å². The number of amides is 1. The number of benzene rings is 1. The molecule has 6 heteroatoms. The Hall–Kier alpha value is -1.92. The summed E-state index contributed by atoms with van der Waals surface area (Å²) in [6.45, 7) is 4.10. The Labute approximate surface area is 140 Å². The zero-order valence-corrected chi connectivity index (χ0v) is 14.1. The molecule has 1 aliphatic rings. The minimum atomic E-state index is 0.0909. The molecule has 0 radical (unpaired) electrons. The fraction of sp³-hybridized carbons (Fsp3) is 0.412. The molecule has 1 saturated heterocycles. The number of aryl methyl sites for hydroxylation is 1. The van der Waals surface area contributed by atoms with Crippen LogP contribution >= 0.6 is 11.3 Å². The topological polar surface area (TPSA) is 66.0 Å². The standard InChI is InChI=1S/C17H22N4OS/c1-12-11-23-17(19-12)21-15-5-3-14(4-6-15)20-16(22)7-2-13-8-9-18-10-13/h3-6,11,13,18H,2,7-10H2,1H3,(H,19,21)(H,20,22). The van der Waals surface area contributed by atoms with Crippen LogP contribution in [0.3, 0.4) is 0 Å². The summed E-state index contributed by atoms with van der Waals surface area (Å²) in [7, 11) is 0. The number of hydrogen-bond acceptors (Lipinski definition) is 5. The highest BCUT2D eigenvalue weighted by molar-refractivity contribution is 7.13. The number of nitrogens with one attached hydrogen (secondary N) is 3. The summed E-state index contributed by atoms with van der Waals surface area (Å²) in [6.07, 6.45) is 2.73. The van der Waals surface area contributed by atoms with Gasteiger partial charge in [0, 0.05) is 23.2 Å². The lowest BCUT2D eigenvalue weighted by molar-refractivity contribution is -0.116. The van der Waals surface area contributed by atoms with Crippen molar-refractivity contribution in [3.05, 3.63) is 35.3 Å². The first-order chi connectivity index (χ1) is 11.2. The molecule has 2 heterocycles. The van der Waals surface area contributed by atoms with Gasteiger partial charge >= 0.3 is 0 Å². The molecule has 0 saturated carbocycles. The van der Waals surface area contributed by atoms with Crippen molar-refractivity contribution in [3.8, 4) is 0 Å². The number of carbonyl (C=O) groups is 1. The van der Waals surface area contributed by atoms with Gasteiger partial charge in [-0.1, -0.05) is 0 Å². The fourth-order valence-corrected chi connectivity index (χ4v) is 3.40. The average molecular weight is 330 g/mol. The molecule has 1 aromatic heterocycles. The van der Waals surface area contributed by atoms with E-state index in [4.69, 9.17) is 0 Å². The van der Waals surface area contributed by atoms with Crippen LogP contribution in [0.2, 0.25) is 0 Å². The van der Waals surface area contributed by atoms with Gasteiger partial charge in [0.2, 0.25) is 5.91 Å². The van der Waals surface area contributed by atoms with E-state index in [0.717, 1.165) is 41.7 Å². The molecule has 0 aliphatic carbocycles. The van der Waals surface area contributed by atoms with Crippen LogP contribution in [0.25, 0.3) is 0 Å². The van der Waals surface area contributed by atoms with Crippen molar-refractivity contribution >= 4 is 33.8 Å². The molecule has 5 nitrogen and oxygen atoms in total. The SMILES string of the molecule is Cc1csc(Nc2ccc(NC(=O)CCC3CCNC3)cc2)n1. The number of anilines is 3. The van der Waals surface area contributed by atoms with Crippen LogP contribution in [0.15, 0.2) is 29.6 Å². The van der Waals surface area contributed by atoms with Gasteiger partial charge in [0.25, 0.3) is 0 Å². The van der Waals surface area contributed by atoms with Crippen molar-refractivity contribution in [1.29, 1.82) is 0 Å². The Bertz CT molecular complexity index is 647. The molecule has 0 spiro atoms. The lowest BCUT2D eigenvalue weighted by Crippen LogP contribution is -2.14. The highest BCUT2D eigenvalue weighted by Gasteiger charge is 2.15. The number of hydrogen-bond donors (Lipinski definition) is 3. The highest BCUT2D eigenvalue weighted by atomic mass is 32.1. The summed E-state index contributed by atoms with van der Waals surface area (Å²) < 4.78 is 0. The van der Waals surface area contributed by atoms with Gasteiger partial charge in [0.05, 0.1) is 5.69 Å². The average Bonchev–Trinajstić information content (AvgIpc) is 3.19. The van der Waals surface area contributed by atoms with Crippen LogP contribution in [0.4, 0.5) is 16.5 Å². The molecule has 0 bridgehead atoms. The van der Waals surface area contributed by atoms with Crippen LogP contribution in [-0.4, -0.2) is 24.0 Å². The quantitative estimate of drug-likeness (QED) is 0.758. The maximum atomic E-state index is 12.0. The largest absolute Gasteiger partial charge is 0.332 e. The van der Waals surface area contributed by atoms with E-state index in [1.54, 1.807) is 11.3 Å². The number of nitrogens with zero attached hydrogens (tertiary/aromatic N) is 1. The first-order valence-electron chi connectivity index (χ1n) is 7.99. The summed E-state index contributed by atoms with van der Waals surface area (Å²) >= 11 is 1.58. The molecular weight excluding hydrogens is 308 g/mol. The minimum Gasteiger partial charge on any atom is -0.332 e. The predicted octanol–water partition coefficient (Wildman–Crippen LogP) is 3.52. The molecule has 1 unspecified atom stereocenters. The third kappa shape index (κ3) is 4.77. The highest BCUT2D eigenvalue weighted by Crippen LogP contribution is 2.22. The summed E-state index contributed by atoms with van der Waals surface area (Å²) in [5.74, 6) is 0.738. The third-order valence-electron chi connectivity index (χ3n) is 3.98. The monoisotopic (exact) mass is 330 g/mol.